The number of likely N-dealkylation sites (tertiary alicyclic amines) is 1. The molecule has 1 aliphatic rings. The fourth-order valence-electron chi connectivity index (χ4n) is 2.01. The average Bonchev–Trinajstić information content (AvgIpc) is 2.82. The summed E-state index contributed by atoms with van der Waals surface area (Å²) < 4.78 is 4.65. The number of aromatic nitrogens is 1. The van der Waals surface area contributed by atoms with Crippen LogP contribution in [0.25, 0.3) is 0 Å². The van der Waals surface area contributed by atoms with Gasteiger partial charge in [0.2, 0.25) is 0 Å². The summed E-state index contributed by atoms with van der Waals surface area (Å²) in [5.41, 5.74) is 0. The van der Waals surface area contributed by atoms with Gasteiger partial charge in [-0.1, -0.05) is 18.5 Å². The molecular weight excluding hydrogens is 206 g/mol. The molecule has 0 radical (unpaired) electrons. The Bertz CT molecular complexity index is 329. The van der Waals surface area contributed by atoms with Gasteiger partial charge >= 0.3 is 6.03 Å². The Labute approximate surface area is 94.8 Å². The zero-order valence-electron chi connectivity index (χ0n) is 9.48. The number of piperidine rings is 1. The van der Waals surface area contributed by atoms with Crippen LogP contribution in [0.4, 0.5) is 10.6 Å². The summed E-state index contributed by atoms with van der Waals surface area (Å²) in [5, 5.41) is 6.36. The third-order valence-electron chi connectivity index (χ3n) is 3.15. The summed E-state index contributed by atoms with van der Waals surface area (Å²) in [7, 11) is 0. The van der Waals surface area contributed by atoms with Crippen LogP contribution in [0, 0.1) is 5.92 Å². The van der Waals surface area contributed by atoms with Crippen molar-refractivity contribution < 1.29 is 9.32 Å². The van der Waals surface area contributed by atoms with E-state index in [1.807, 2.05) is 4.90 Å². The van der Waals surface area contributed by atoms with Gasteiger partial charge < -0.3 is 9.42 Å². The van der Waals surface area contributed by atoms with Gasteiger partial charge in [-0.25, -0.2) is 4.79 Å². The summed E-state index contributed by atoms with van der Waals surface area (Å²) in [6, 6.07) is 1.56. The monoisotopic (exact) mass is 223 g/mol. The molecule has 0 spiro atoms. The van der Waals surface area contributed by atoms with E-state index in [1.165, 1.54) is 12.7 Å². The van der Waals surface area contributed by atoms with Crippen LogP contribution in [0.2, 0.25) is 0 Å². The Balaban J connectivity index is 1.82. The van der Waals surface area contributed by atoms with Crippen molar-refractivity contribution in [1.82, 2.24) is 10.1 Å². The van der Waals surface area contributed by atoms with Gasteiger partial charge in [-0.2, -0.15) is 0 Å². The largest absolute Gasteiger partial charge is 0.363 e. The molecule has 1 aliphatic heterocycles. The molecule has 2 heterocycles. The molecule has 16 heavy (non-hydrogen) atoms. The molecule has 0 unspecified atom stereocenters. The lowest BCUT2D eigenvalue weighted by atomic mass is 9.95. The Morgan fingerprint density at radius 1 is 1.62 bits per heavy atom. The van der Waals surface area contributed by atoms with Crippen LogP contribution in [-0.2, 0) is 0 Å². The number of rotatable bonds is 2. The van der Waals surface area contributed by atoms with Gasteiger partial charge in [0.25, 0.3) is 0 Å². The molecule has 0 aromatic carbocycles. The number of carbonyl (C=O) groups excluding carboxylic acids is 1. The van der Waals surface area contributed by atoms with Crippen molar-refractivity contribution in [2.45, 2.75) is 26.2 Å². The summed E-state index contributed by atoms with van der Waals surface area (Å²) in [4.78, 5) is 13.6. The van der Waals surface area contributed by atoms with Gasteiger partial charge in [-0.3, -0.25) is 5.32 Å². The van der Waals surface area contributed by atoms with Crippen LogP contribution in [0.5, 0.6) is 0 Å². The van der Waals surface area contributed by atoms with E-state index in [1.54, 1.807) is 6.07 Å². The molecule has 1 fully saturated rings. The Hall–Kier alpha value is -1.52. The lowest BCUT2D eigenvalue weighted by Crippen LogP contribution is -2.41. The first-order chi connectivity index (χ1) is 7.79. The molecule has 88 valence electrons. The van der Waals surface area contributed by atoms with Crippen LogP contribution in [0.3, 0.4) is 0 Å². The number of nitrogens with zero attached hydrogens (tertiary/aromatic N) is 2. The zero-order chi connectivity index (χ0) is 11.4. The molecule has 2 amide bonds. The minimum absolute atomic E-state index is 0.0801. The second-order valence-corrected chi connectivity index (χ2v) is 4.15. The predicted octanol–water partition coefficient (Wildman–Crippen LogP) is 2.33. The van der Waals surface area contributed by atoms with Crippen molar-refractivity contribution in [2.75, 3.05) is 18.4 Å². The Kier molecular flexibility index (Phi) is 3.44. The molecule has 0 aliphatic carbocycles. The molecule has 1 aromatic rings. The highest BCUT2D eigenvalue weighted by atomic mass is 16.5. The molecule has 1 saturated heterocycles. The number of nitrogens with one attached hydrogen (secondary N) is 1. The van der Waals surface area contributed by atoms with Gasteiger partial charge in [0.1, 0.15) is 6.26 Å². The molecule has 2 rings (SSSR count). The van der Waals surface area contributed by atoms with Gasteiger partial charge in [-0.15, -0.1) is 0 Å². The number of hydrogen-bond acceptors (Lipinski definition) is 3. The lowest BCUT2D eigenvalue weighted by molar-refractivity contribution is 0.181. The van der Waals surface area contributed by atoms with Crippen molar-refractivity contribution in [1.29, 1.82) is 0 Å². The Morgan fingerprint density at radius 3 is 2.94 bits per heavy atom. The Morgan fingerprint density at radius 2 is 2.38 bits per heavy atom. The van der Waals surface area contributed by atoms with Crippen LogP contribution in [-0.4, -0.2) is 29.2 Å². The lowest BCUT2D eigenvalue weighted by Gasteiger charge is -2.31. The van der Waals surface area contributed by atoms with Crippen molar-refractivity contribution in [3.63, 3.8) is 0 Å². The fraction of sp³-hybridized carbons (Fsp3) is 0.636. The number of carbonyl (C=O) groups is 1. The van der Waals surface area contributed by atoms with Crippen molar-refractivity contribution in [3.8, 4) is 0 Å². The van der Waals surface area contributed by atoms with Crippen LogP contribution in [0.15, 0.2) is 16.9 Å². The number of anilines is 1. The second kappa shape index (κ2) is 5.01. The van der Waals surface area contributed by atoms with E-state index in [0.717, 1.165) is 31.8 Å². The first-order valence-corrected chi connectivity index (χ1v) is 5.76. The van der Waals surface area contributed by atoms with Crippen molar-refractivity contribution in [2.24, 2.45) is 5.92 Å². The van der Waals surface area contributed by atoms with E-state index in [9.17, 15) is 4.79 Å². The van der Waals surface area contributed by atoms with Gasteiger partial charge in [0.15, 0.2) is 5.82 Å². The highest BCUT2D eigenvalue weighted by Crippen LogP contribution is 2.20. The normalized spacial score (nSPS) is 17.4. The van der Waals surface area contributed by atoms with Gasteiger partial charge in [-0.05, 0) is 18.8 Å². The standard InChI is InChI=1S/C11H17N3O2/c1-2-9-3-6-14(7-4-9)11(15)12-10-5-8-16-13-10/h5,8-9H,2-4,6-7H2,1H3,(H,12,13,15). The first kappa shape index (κ1) is 11.0. The maximum absolute atomic E-state index is 11.8. The molecule has 0 atom stereocenters. The second-order valence-electron chi connectivity index (χ2n) is 4.15. The SMILES string of the molecule is CCC1CCN(C(=O)Nc2ccon2)CC1. The molecule has 0 bridgehead atoms. The van der Waals surface area contributed by atoms with Gasteiger partial charge in [0.05, 0.1) is 0 Å². The molecule has 1 aromatic heterocycles. The number of amides is 2. The maximum Gasteiger partial charge on any atom is 0.323 e. The van der Waals surface area contributed by atoms with Crippen molar-refractivity contribution in [3.05, 3.63) is 12.3 Å². The van der Waals surface area contributed by atoms with Crippen LogP contribution >= 0.6 is 0 Å². The summed E-state index contributed by atoms with van der Waals surface area (Å²) in [6.07, 6.45) is 4.85. The smallest absolute Gasteiger partial charge is 0.323 e. The minimum atomic E-state index is -0.0801. The fourth-order valence-corrected chi connectivity index (χ4v) is 2.01. The molecule has 0 saturated carbocycles. The number of urea groups is 1. The van der Waals surface area contributed by atoms with Gasteiger partial charge in [0, 0.05) is 19.2 Å². The molecular formula is C11H17N3O2. The van der Waals surface area contributed by atoms with E-state index in [2.05, 4.69) is 21.9 Å². The summed E-state index contributed by atoms with van der Waals surface area (Å²) in [6.45, 7) is 3.88. The quantitative estimate of drug-likeness (QED) is 0.837. The van der Waals surface area contributed by atoms with E-state index < -0.39 is 0 Å². The van der Waals surface area contributed by atoms with E-state index in [0.29, 0.717) is 5.82 Å². The topological polar surface area (TPSA) is 58.4 Å². The minimum Gasteiger partial charge on any atom is -0.363 e. The molecule has 5 nitrogen and oxygen atoms in total. The van der Waals surface area contributed by atoms with E-state index in [4.69, 9.17) is 0 Å². The maximum atomic E-state index is 11.8. The molecule has 1 N–H and O–H groups in total. The highest BCUT2D eigenvalue weighted by molar-refractivity contribution is 5.88. The van der Waals surface area contributed by atoms with E-state index >= 15 is 0 Å². The highest BCUT2D eigenvalue weighted by Gasteiger charge is 2.21. The third kappa shape index (κ3) is 2.53. The average molecular weight is 223 g/mol. The van der Waals surface area contributed by atoms with E-state index in [-0.39, 0.29) is 6.03 Å². The summed E-state index contributed by atoms with van der Waals surface area (Å²) >= 11 is 0. The first-order valence-electron chi connectivity index (χ1n) is 5.76. The van der Waals surface area contributed by atoms with Crippen LogP contribution < -0.4 is 5.32 Å². The summed E-state index contributed by atoms with van der Waals surface area (Å²) in [5.74, 6) is 1.25. The number of hydrogen-bond donors (Lipinski definition) is 1. The molecule has 5 heteroatoms. The zero-order valence-corrected chi connectivity index (χ0v) is 9.48. The third-order valence-corrected chi connectivity index (χ3v) is 3.15. The predicted molar refractivity (Wildman–Crippen MR) is 60.1 cm³/mol. The van der Waals surface area contributed by atoms with Crippen molar-refractivity contribution >= 4 is 11.8 Å². The van der Waals surface area contributed by atoms with Crippen LogP contribution in [0.1, 0.15) is 26.2 Å².